The van der Waals surface area contributed by atoms with Gasteiger partial charge in [0.15, 0.2) is 11.5 Å². The molecule has 0 saturated carbocycles. The van der Waals surface area contributed by atoms with Gasteiger partial charge in [-0.1, -0.05) is 0 Å². The summed E-state index contributed by atoms with van der Waals surface area (Å²) in [5.41, 5.74) is 4.81. The van der Waals surface area contributed by atoms with Gasteiger partial charge in [-0.3, -0.25) is 4.98 Å². The van der Waals surface area contributed by atoms with Crippen LogP contribution in [0.25, 0.3) is 5.82 Å². The summed E-state index contributed by atoms with van der Waals surface area (Å²) < 4.78 is 38.1. The zero-order chi connectivity index (χ0) is 12.5. The predicted octanol–water partition coefficient (Wildman–Crippen LogP) is 1.14. The molecule has 0 unspecified atom stereocenters. The van der Waals surface area contributed by atoms with Crippen molar-refractivity contribution in [3.8, 4) is 5.82 Å². The molecule has 2 aromatic rings. The van der Waals surface area contributed by atoms with E-state index in [0.29, 0.717) is 5.69 Å². The molecule has 0 aromatic carbocycles. The molecule has 0 bridgehead atoms. The van der Waals surface area contributed by atoms with E-state index >= 15 is 0 Å². The number of nitrogens with zero attached hydrogens (tertiary/aromatic N) is 4. The van der Waals surface area contributed by atoms with Gasteiger partial charge in [-0.25, -0.2) is 9.67 Å². The fraction of sp³-hybridized carbons (Fsp3) is 0.222. The molecular formula is C9H8F3N5. The van der Waals surface area contributed by atoms with E-state index in [-0.39, 0.29) is 12.4 Å². The first-order valence-corrected chi connectivity index (χ1v) is 4.65. The maximum absolute atomic E-state index is 12.4. The van der Waals surface area contributed by atoms with Crippen molar-refractivity contribution >= 4 is 0 Å². The Kier molecular flexibility index (Phi) is 2.80. The average molecular weight is 243 g/mol. The maximum Gasteiger partial charge on any atom is 0.435 e. The largest absolute Gasteiger partial charge is 0.435 e. The lowest BCUT2D eigenvalue weighted by atomic mass is 10.4. The van der Waals surface area contributed by atoms with Crippen LogP contribution in [0.2, 0.25) is 0 Å². The van der Waals surface area contributed by atoms with Crippen molar-refractivity contribution in [2.24, 2.45) is 5.73 Å². The highest BCUT2D eigenvalue weighted by Crippen LogP contribution is 2.27. The van der Waals surface area contributed by atoms with Gasteiger partial charge < -0.3 is 5.73 Å². The smallest absolute Gasteiger partial charge is 0.325 e. The van der Waals surface area contributed by atoms with Crippen LogP contribution in [0.15, 0.2) is 24.7 Å². The van der Waals surface area contributed by atoms with E-state index in [4.69, 9.17) is 5.73 Å². The number of hydrogen-bond acceptors (Lipinski definition) is 4. The molecule has 2 aromatic heterocycles. The lowest BCUT2D eigenvalue weighted by Crippen LogP contribution is -2.11. The van der Waals surface area contributed by atoms with Crippen LogP contribution in [0, 0.1) is 0 Å². The number of hydrogen-bond donors (Lipinski definition) is 1. The molecule has 2 heterocycles. The monoisotopic (exact) mass is 243 g/mol. The van der Waals surface area contributed by atoms with Gasteiger partial charge >= 0.3 is 6.18 Å². The van der Waals surface area contributed by atoms with Gasteiger partial charge in [0.2, 0.25) is 0 Å². The minimum Gasteiger partial charge on any atom is -0.325 e. The second kappa shape index (κ2) is 4.13. The Morgan fingerprint density at radius 1 is 1.24 bits per heavy atom. The quantitative estimate of drug-likeness (QED) is 0.858. The Labute approximate surface area is 94.1 Å². The molecule has 0 fully saturated rings. The number of aromatic nitrogens is 4. The summed E-state index contributed by atoms with van der Waals surface area (Å²) in [5.74, 6) is 0.200. The SMILES string of the molecule is NCc1nccnc1-n1ccc(C(F)(F)F)n1. The molecule has 5 nitrogen and oxygen atoms in total. The molecule has 0 aliphatic heterocycles. The Bertz CT molecular complexity index is 519. The van der Waals surface area contributed by atoms with Crippen molar-refractivity contribution in [3.05, 3.63) is 36.0 Å². The van der Waals surface area contributed by atoms with E-state index in [1.54, 1.807) is 0 Å². The van der Waals surface area contributed by atoms with Gasteiger partial charge in [0.1, 0.15) is 0 Å². The van der Waals surface area contributed by atoms with E-state index in [9.17, 15) is 13.2 Å². The highest BCUT2D eigenvalue weighted by atomic mass is 19.4. The molecule has 2 rings (SSSR count). The van der Waals surface area contributed by atoms with Crippen LogP contribution in [0.4, 0.5) is 13.2 Å². The Morgan fingerprint density at radius 2 is 1.94 bits per heavy atom. The minimum absolute atomic E-state index is 0.0738. The highest BCUT2D eigenvalue weighted by Gasteiger charge is 2.33. The fourth-order valence-electron chi connectivity index (χ4n) is 1.29. The van der Waals surface area contributed by atoms with Gasteiger partial charge in [-0.2, -0.15) is 18.3 Å². The van der Waals surface area contributed by atoms with Crippen molar-refractivity contribution in [3.63, 3.8) is 0 Å². The molecule has 90 valence electrons. The van der Waals surface area contributed by atoms with Gasteiger partial charge in [-0.05, 0) is 6.07 Å². The summed E-state index contributed by atoms with van der Waals surface area (Å²) in [5, 5.41) is 3.39. The number of rotatable bonds is 2. The third-order valence-corrected chi connectivity index (χ3v) is 2.04. The molecule has 0 aliphatic rings. The first-order chi connectivity index (χ1) is 8.02. The second-order valence-electron chi connectivity index (χ2n) is 3.17. The van der Waals surface area contributed by atoms with Gasteiger partial charge in [0.25, 0.3) is 0 Å². The molecular weight excluding hydrogens is 235 g/mol. The third-order valence-electron chi connectivity index (χ3n) is 2.04. The molecule has 0 saturated heterocycles. The van der Waals surface area contributed by atoms with Crippen molar-refractivity contribution in [2.45, 2.75) is 12.7 Å². The minimum atomic E-state index is -4.48. The van der Waals surface area contributed by atoms with Crippen molar-refractivity contribution in [2.75, 3.05) is 0 Å². The first-order valence-electron chi connectivity index (χ1n) is 4.65. The van der Waals surface area contributed by atoms with Crippen molar-refractivity contribution < 1.29 is 13.2 Å². The van der Waals surface area contributed by atoms with Crippen LogP contribution < -0.4 is 5.73 Å². The molecule has 0 spiro atoms. The predicted molar refractivity (Wildman–Crippen MR) is 52.0 cm³/mol. The first kappa shape index (κ1) is 11.5. The lowest BCUT2D eigenvalue weighted by Gasteiger charge is -2.05. The standard InChI is InChI=1S/C9H8F3N5/c10-9(11,12)7-1-4-17(16-7)8-6(5-13)14-2-3-15-8/h1-4H,5,13H2. The molecule has 0 aliphatic carbocycles. The van der Waals surface area contributed by atoms with Gasteiger partial charge in [-0.15, -0.1) is 0 Å². The van der Waals surface area contributed by atoms with Crippen molar-refractivity contribution in [1.29, 1.82) is 0 Å². The van der Waals surface area contributed by atoms with Crippen LogP contribution in [0.5, 0.6) is 0 Å². The summed E-state index contributed by atoms with van der Waals surface area (Å²) in [7, 11) is 0. The number of halogens is 3. The van der Waals surface area contributed by atoms with Crippen LogP contribution >= 0.6 is 0 Å². The highest BCUT2D eigenvalue weighted by molar-refractivity contribution is 5.27. The second-order valence-corrected chi connectivity index (χ2v) is 3.17. The average Bonchev–Trinajstić information content (AvgIpc) is 2.77. The van der Waals surface area contributed by atoms with Gasteiger partial charge in [0, 0.05) is 25.1 Å². The molecule has 2 N–H and O–H groups in total. The third kappa shape index (κ3) is 2.26. The lowest BCUT2D eigenvalue weighted by molar-refractivity contribution is -0.141. The van der Waals surface area contributed by atoms with Crippen LogP contribution in [-0.2, 0) is 12.7 Å². The maximum atomic E-state index is 12.4. The number of nitrogens with two attached hydrogens (primary N) is 1. The Hall–Kier alpha value is -1.96. The Morgan fingerprint density at radius 3 is 2.53 bits per heavy atom. The summed E-state index contributed by atoms with van der Waals surface area (Å²) in [6.07, 6.45) is -0.522. The topological polar surface area (TPSA) is 69.6 Å². The van der Waals surface area contributed by atoms with Crippen LogP contribution in [-0.4, -0.2) is 19.7 Å². The van der Waals surface area contributed by atoms with E-state index in [1.807, 2.05) is 0 Å². The van der Waals surface area contributed by atoms with Crippen molar-refractivity contribution in [1.82, 2.24) is 19.7 Å². The normalized spacial score (nSPS) is 11.8. The van der Waals surface area contributed by atoms with E-state index in [1.165, 1.54) is 18.6 Å². The van der Waals surface area contributed by atoms with E-state index in [0.717, 1.165) is 10.7 Å². The number of alkyl halides is 3. The summed E-state index contributed by atoms with van der Waals surface area (Å²) in [6, 6.07) is 0.870. The van der Waals surface area contributed by atoms with E-state index in [2.05, 4.69) is 15.1 Å². The van der Waals surface area contributed by atoms with E-state index < -0.39 is 11.9 Å². The molecule has 8 heteroatoms. The van der Waals surface area contributed by atoms with Crippen LogP contribution in [0.1, 0.15) is 11.4 Å². The summed E-state index contributed by atoms with van der Waals surface area (Å²) >= 11 is 0. The fourth-order valence-corrected chi connectivity index (χ4v) is 1.29. The summed E-state index contributed by atoms with van der Waals surface area (Å²) in [6.45, 7) is 0.0738. The molecule has 0 atom stereocenters. The van der Waals surface area contributed by atoms with Crippen LogP contribution in [0.3, 0.4) is 0 Å². The zero-order valence-electron chi connectivity index (χ0n) is 8.52. The molecule has 0 radical (unpaired) electrons. The Balaban J connectivity index is 2.44. The van der Waals surface area contributed by atoms with Gasteiger partial charge in [0.05, 0.1) is 5.69 Å². The molecule has 17 heavy (non-hydrogen) atoms. The zero-order valence-corrected chi connectivity index (χ0v) is 8.52. The molecule has 0 amide bonds. The summed E-state index contributed by atoms with van der Waals surface area (Å²) in [4.78, 5) is 7.82.